The van der Waals surface area contributed by atoms with Crippen molar-refractivity contribution in [2.75, 3.05) is 11.9 Å². The second-order valence-electron chi connectivity index (χ2n) is 5.53. The van der Waals surface area contributed by atoms with Crippen LogP contribution in [0, 0.1) is 11.6 Å². The second kappa shape index (κ2) is 9.48. The number of ether oxygens (including phenoxy) is 1. The molecule has 0 aliphatic carbocycles. The van der Waals surface area contributed by atoms with Gasteiger partial charge in [0.1, 0.15) is 5.82 Å². The summed E-state index contributed by atoms with van der Waals surface area (Å²) in [6, 6.07) is 12.3. The molecule has 1 aromatic heterocycles. The summed E-state index contributed by atoms with van der Waals surface area (Å²) in [6.07, 6.45) is 0. The fourth-order valence-electron chi connectivity index (χ4n) is 2.15. The van der Waals surface area contributed by atoms with E-state index < -0.39 is 11.7 Å². The number of thioether (sulfide) groups is 1. The van der Waals surface area contributed by atoms with Crippen LogP contribution in [-0.4, -0.2) is 17.5 Å². The standard InChI is InChI=1S/C19H16F2N2O2S2/c20-14-7-5-13(6-8-14)10-26-11-15-12-27-19(22-15)23-18(24)9-25-17-4-2-1-3-16(17)21/h1-8,12H,9-11H2,(H,22,23,24). The van der Waals surface area contributed by atoms with E-state index in [1.54, 1.807) is 36.0 Å². The van der Waals surface area contributed by atoms with Gasteiger partial charge in [-0.1, -0.05) is 24.3 Å². The third-order valence-corrected chi connectivity index (χ3v) is 5.27. The lowest BCUT2D eigenvalue weighted by molar-refractivity contribution is -0.118. The molecule has 0 unspecified atom stereocenters. The summed E-state index contributed by atoms with van der Waals surface area (Å²) in [6.45, 7) is -0.296. The number of para-hydroxylation sites is 1. The van der Waals surface area contributed by atoms with Gasteiger partial charge in [-0.15, -0.1) is 11.3 Å². The van der Waals surface area contributed by atoms with E-state index >= 15 is 0 Å². The molecule has 0 saturated heterocycles. The zero-order chi connectivity index (χ0) is 19.1. The van der Waals surface area contributed by atoms with Gasteiger partial charge in [0.25, 0.3) is 5.91 Å². The van der Waals surface area contributed by atoms with Crippen LogP contribution in [-0.2, 0) is 16.3 Å². The highest BCUT2D eigenvalue weighted by molar-refractivity contribution is 7.97. The molecule has 0 radical (unpaired) electrons. The Labute approximate surface area is 163 Å². The molecular weight excluding hydrogens is 390 g/mol. The molecule has 4 nitrogen and oxygen atoms in total. The molecule has 3 rings (SSSR count). The molecule has 0 aliphatic rings. The van der Waals surface area contributed by atoms with Crippen LogP contribution in [0.2, 0.25) is 0 Å². The molecule has 8 heteroatoms. The number of aromatic nitrogens is 1. The fourth-order valence-corrected chi connectivity index (χ4v) is 3.86. The summed E-state index contributed by atoms with van der Waals surface area (Å²) >= 11 is 2.96. The summed E-state index contributed by atoms with van der Waals surface area (Å²) in [4.78, 5) is 16.2. The number of rotatable bonds is 8. The van der Waals surface area contributed by atoms with Crippen LogP contribution in [0.1, 0.15) is 11.3 Å². The Bertz CT molecular complexity index is 901. The highest BCUT2D eigenvalue weighted by atomic mass is 32.2. The minimum Gasteiger partial charge on any atom is -0.481 e. The number of hydrogen-bond donors (Lipinski definition) is 1. The summed E-state index contributed by atoms with van der Waals surface area (Å²) < 4.78 is 31.5. The average molecular weight is 406 g/mol. The maximum Gasteiger partial charge on any atom is 0.264 e. The van der Waals surface area contributed by atoms with Crippen molar-refractivity contribution in [3.05, 3.63) is 76.8 Å². The topological polar surface area (TPSA) is 51.2 Å². The molecule has 3 aromatic rings. The zero-order valence-corrected chi connectivity index (χ0v) is 15.8. The van der Waals surface area contributed by atoms with Crippen LogP contribution >= 0.6 is 23.1 Å². The summed E-state index contributed by atoms with van der Waals surface area (Å²) in [5.41, 5.74) is 1.88. The van der Waals surface area contributed by atoms with Crippen LogP contribution in [0.3, 0.4) is 0 Å². The van der Waals surface area contributed by atoms with Gasteiger partial charge >= 0.3 is 0 Å². The number of carbonyl (C=O) groups is 1. The van der Waals surface area contributed by atoms with Crippen molar-refractivity contribution >= 4 is 34.1 Å². The van der Waals surface area contributed by atoms with Crippen molar-refractivity contribution < 1.29 is 18.3 Å². The van der Waals surface area contributed by atoms with Crippen molar-refractivity contribution in [2.45, 2.75) is 11.5 Å². The lowest BCUT2D eigenvalue weighted by Crippen LogP contribution is -2.20. The van der Waals surface area contributed by atoms with Crippen molar-refractivity contribution in [3.8, 4) is 5.75 Å². The molecule has 0 bridgehead atoms. The number of amides is 1. The first kappa shape index (κ1) is 19.3. The van der Waals surface area contributed by atoms with Crippen molar-refractivity contribution in [3.63, 3.8) is 0 Å². The first-order valence-corrected chi connectivity index (χ1v) is 10.1. The van der Waals surface area contributed by atoms with E-state index in [0.29, 0.717) is 10.9 Å². The molecule has 1 N–H and O–H groups in total. The fraction of sp³-hybridized carbons (Fsp3) is 0.158. The average Bonchev–Trinajstić information content (AvgIpc) is 3.10. The van der Waals surface area contributed by atoms with Crippen LogP contribution in [0.5, 0.6) is 5.75 Å². The van der Waals surface area contributed by atoms with Gasteiger partial charge in [-0.25, -0.2) is 13.8 Å². The van der Waals surface area contributed by atoms with Crippen LogP contribution in [0.15, 0.2) is 53.9 Å². The highest BCUT2D eigenvalue weighted by Gasteiger charge is 2.09. The van der Waals surface area contributed by atoms with Crippen molar-refractivity contribution in [1.29, 1.82) is 0 Å². The quantitative estimate of drug-likeness (QED) is 0.580. The number of carbonyl (C=O) groups excluding carboxylic acids is 1. The SMILES string of the molecule is O=C(COc1ccccc1F)Nc1nc(CSCc2ccc(F)cc2)cs1. The predicted molar refractivity (Wildman–Crippen MR) is 104 cm³/mol. The number of benzene rings is 2. The Morgan fingerprint density at radius 1 is 1.11 bits per heavy atom. The molecule has 0 aliphatic heterocycles. The lowest BCUT2D eigenvalue weighted by atomic mass is 10.2. The second-order valence-corrected chi connectivity index (χ2v) is 7.37. The summed E-state index contributed by atoms with van der Waals surface area (Å²) in [7, 11) is 0. The summed E-state index contributed by atoms with van der Waals surface area (Å²) in [5, 5.41) is 4.97. The molecule has 0 spiro atoms. The van der Waals surface area contributed by atoms with E-state index in [2.05, 4.69) is 10.3 Å². The number of halogens is 2. The number of anilines is 1. The van der Waals surface area contributed by atoms with Crippen LogP contribution in [0.25, 0.3) is 0 Å². The maximum atomic E-state index is 13.4. The zero-order valence-electron chi connectivity index (χ0n) is 14.2. The highest BCUT2D eigenvalue weighted by Crippen LogP contribution is 2.22. The van der Waals surface area contributed by atoms with Gasteiger partial charge < -0.3 is 4.74 Å². The maximum absolute atomic E-state index is 13.4. The van der Waals surface area contributed by atoms with Gasteiger partial charge in [-0.05, 0) is 29.8 Å². The van der Waals surface area contributed by atoms with Crippen molar-refractivity contribution in [2.24, 2.45) is 0 Å². The largest absolute Gasteiger partial charge is 0.481 e. The van der Waals surface area contributed by atoms with E-state index in [1.165, 1.54) is 35.6 Å². The molecule has 0 saturated carbocycles. The molecule has 27 heavy (non-hydrogen) atoms. The minimum atomic E-state index is -0.514. The molecule has 0 fully saturated rings. The molecule has 0 atom stereocenters. The Morgan fingerprint density at radius 2 is 1.89 bits per heavy atom. The number of nitrogens with one attached hydrogen (secondary N) is 1. The predicted octanol–water partition coefficient (Wildman–Crippen LogP) is 4.87. The Hall–Kier alpha value is -2.45. The van der Waals surface area contributed by atoms with E-state index in [1.807, 2.05) is 5.38 Å². The number of hydrogen-bond acceptors (Lipinski definition) is 5. The van der Waals surface area contributed by atoms with E-state index in [-0.39, 0.29) is 18.2 Å². The minimum absolute atomic E-state index is 0.0321. The van der Waals surface area contributed by atoms with Gasteiger partial charge in [-0.2, -0.15) is 11.8 Å². The van der Waals surface area contributed by atoms with Gasteiger partial charge in [0.2, 0.25) is 0 Å². The van der Waals surface area contributed by atoms with Gasteiger partial charge in [0, 0.05) is 16.9 Å². The van der Waals surface area contributed by atoms with Gasteiger partial charge in [0.05, 0.1) is 5.69 Å². The molecular formula is C19H16F2N2O2S2. The Kier molecular flexibility index (Phi) is 6.78. The normalized spacial score (nSPS) is 10.6. The molecule has 2 aromatic carbocycles. The number of nitrogens with zero attached hydrogens (tertiary/aromatic N) is 1. The third-order valence-electron chi connectivity index (χ3n) is 3.43. The van der Waals surface area contributed by atoms with Gasteiger partial charge in [-0.3, -0.25) is 10.1 Å². The van der Waals surface area contributed by atoms with Crippen LogP contribution < -0.4 is 10.1 Å². The Morgan fingerprint density at radius 3 is 2.67 bits per heavy atom. The molecule has 1 heterocycles. The van der Waals surface area contributed by atoms with Crippen LogP contribution in [0.4, 0.5) is 13.9 Å². The first-order chi connectivity index (χ1) is 13.1. The van der Waals surface area contributed by atoms with E-state index in [4.69, 9.17) is 4.74 Å². The lowest BCUT2D eigenvalue weighted by Gasteiger charge is -2.06. The molecule has 1 amide bonds. The monoisotopic (exact) mass is 406 g/mol. The van der Waals surface area contributed by atoms with E-state index in [9.17, 15) is 13.6 Å². The van der Waals surface area contributed by atoms with Crippen molar-refractivity contribution in [1.82, 2.24) is 4.98 Å². The smallest absolute Gasteiger partial charge is 0.264 e. The number of thiazole rings is 1. The van der Waals surface area contributed by atoms with E-state index in [0.717, 1.165) is 17.0 Å². The third kappa shape index (κ3) is 6.04. The first-order valence-electron chi connectivity index (χ1n) is 8.04. The summed E-state index contributed by atoms with van der Waals surface area (Å²) in [5.74, 6) is 0.288. The Balaban J connectivity index is 1.42. The van der Waals surface area contributed by atoms with Gasteiger partial charge in [0.15, 0.2) is 23.3 Å². The molecule has 140 valence electrons.